The number of hydrogen-bond acceptors (Lipinski definition) is 2. The summed E-state index contributed by atoms with van der Waals surface area (Å²) >= 11 is 0. The molecule has 0 aromatic rings. The van der Waals surface area contributed by atoms with E-state index >= 15 is 0 Å². The van der Waals surface area contributed by atoms with Crippen molar-refractivity contribution in [1.82, 2.24) is 10.2 Å². The molecule has 0 aliphatic carbocycles. The Labute approximate surface area is 99.0 Å². The van der Waals surface area contributed by atoms with E-state index in [2.05, 4.69) is 37.0 Å². The molecule has 0 bridgehead atoms. The normalized spacial score (nSPS) is 21.8. The molecule has 2 heteroatoms. The molecule has 0 amide bonds. The van der Waals surface area contributed by atoms with Gasteiger partial charge < -0.3 is 5.32 Å². The number of nitrogens with one attached hydrogen (secondary N) is 1. The Hall–Kier alpha value is -1.28. The fourth-order valence-electron chi connectivity index (χ4n) is 2.03. The monoisotopic (exact) mass is 218 g/mol. The molecule has 0 saturated carbocycles. The van der Waals surface area contributed by atoms with E-state index in [9.17, 15) is 0 Å². The van der Waals surface area contributed by atoms with E-state index < -0.39 is 0 Å². The summed E-state index contributed by atoms with van der Waals surface area (Å²) in [6.07, 6.45) is 8.06. The van der Waals surface area contributed by atoms with Gasteiger partial charge >= 0.3 is 0 Å². The Balaban J connectivity index is 2.42. The molecule has 1 saturated heterocycles. The highest BCUT2D eigenvalue weighted by Gasteiger charge is 2.22. The molecule has 16 heavy (non-hydrogen) atoms. The zero-order chi connectivity index (χ0) is 12.0. The summed E-state index contributed by atoms with van der Waals surface area (Å²) in [5.41, 5.74) is 2.24. The number of rotatable bonds is 6. The van der Waals surface area contributed by atoms with Gasteiger partial charge in [0.2, 0.25) is 0 Å². The van der Waals surface area contributed by atoms with Crippen molar-refractivity contribution < 1.29 is 0 Å². The maximum Gasteiger partial charge on any atom is 0.0486 e. The van der Waals surface area contributed by atoms with E-state index in [-0.39, 0.29) is 0 Å². The minimum Gasteiger partial charge on any atom is -0.383 e. The number of allylic oxidation sites excluding steroid dienone is 2. The van der Waals surface area contributed by atoms with E-state index in [0.29, 0.717) is 6.04 Å². The summed E-state index contributed by atoms with van der Waals surface area (Å²) in [6.45, 7) is 13.5. The molecule has 0 aromatic heterocycles. The van der Waals surface area contributed by atoms with Crippen molar-refractivity contribution in [3.05, 3.63) is 49.2 Å². The maximum atomic E-state index is 4.11. The predicted molar refractivity (Wildman–Crippen MR) is 71.3 cm³/mol. The largest absolute Gasteiger partial charge is 0.383 e. The molecule has 1 heterocycles. The van der Waals surface area contributed by atoms with Crippen LogP contribution in [0.1, 0.15) is 12.8 Å². The van der Waals surface area contributed by atoms with Crippen LogP contribution in [0.5, 0.6) is 0 Å². The summed E-state index contributed by atoms with van der Waals surface area (Å²) in [7, 11) is 2.15. The molecule has 1 unspecified atom stereocenters. The highest BCUT2D eigenvalue weighted by molar-refractivity contribution is 5.24. The summed E-state index contributed by atoms with van der Waals surface area (Å²) < 4.78 is 0. The van der Waals surface area contributed by atoms with Crippen molar-refractivity contribution in [2.24, 2.45) is 0 Å². The van der Waals surface area contributed by atoms with Crippen LogP contribution >= 0.6 is 0 Å². The third kappa shape index (κ3) is 3.38. The van der Waals surface area contributed by atoms with Crippen LogP contribution < -0.4 is 5.32 Å². The molecule has 1 N–H and O–H groups in total. The van der Waals surface area contributed by atoms with Crippen LogP contribution in [0.15, 0.2) is 49.2 Å². The summed E-state index contributed by atoms with van der Waals surface area (Å²) in [6, 6.07) is 0.481. The van der Waals surface area contributed by atoms with Gasteiger partial charge in [-0.15, -0.1) is 0 Å². The lowest BCUT2D eigenvalue weighted by atomic mass is 10.1. The Morgan fingerprint density at radius 2 is 2.25 bits per heavy atom. The highest BCUT2D eigenvalue weighted by atomic mass is 15.2. The average molecular weight is 218 g/mol. The van der Waals surface area contributed by atoms with E-state index in [1.165, 1.54) is 19.4 Å². The molecule has 0 aromatic carbocycles. The van der Waals surface area contributed by atoms with Crippen molar-refractivity contribution in [3.8, 4) is 0 Å². The van der Waals surface area contributed by atoms with Gasteiger partial charge in [0, 0.05) is 18.3 Å². The van der Waals surface area contributed by atoms with Gasteiger partial charge in [-0.05, 0) is 32.0 Å². The summed E-state index contributed by atoms with van der Waals surface area (Å²) in [4.78, 5) is 2.35. The van der Waals surface area contributed by atoms with Crippen molar-refractivity contribution in [2.45, 2.75) is 18.9 Å². The Bertz CT molecular complexity index is 302. The second-order valence-electron chi connectivity index (χ2n) is 4.20. The van der Waals surface area contributed by atoms with Crippen LogP contribution in [0.4, 0.5) is 0 Å². The minimum atomic E-state index is 0.481. The lowest BCUT2D eigenvalue weighted by Gasteiger charge is -2.23. The third-order valence-corrected chi connectivity index (χ3v) is 3.04. The van der Waals surface area contributed by atoms with Gasteiger partial charge in [-0.2, -0.15) is 0 Å². The van der Waals surface area contributed by atoms with E-state index in [0.717, 1.165) is 17.8 Å². The van der Waals surface area contributed by atoms with Crippen LogP contribution in [0.3, 0.4) is 0 Å². The number of likely N-dealkylation sites (N-methyl/N-ethyl adjacent to an activating group) is 1. The molecule has 1 rings (SSSR count). The quantitative estimate of drug-likeness (QED) is 0.689. The molecule has 1 aliphatic rings. The van der Waals surface area contributed by atoms with Crippen LogP contribution in [0.2, 0.25) is 0 Å². The smallest absolute Gasteiger partial charge is 0.0486 e. The number of likely N-dealkylation sites (tertiary alicyclic amines) is 1. The van der Waals surface area contributed by atoms with Gasteiger partial charge in [-0.1, -0.05) is 38.0 Å². The summed E-state index contributed by atoms with van der Waals surface area (Å²) in [5, 5.41) is 3.37. The first-order valence-corrected chi connectivity index (χ1v) is 5.76. The van der Waals surface area contributed by atoms with Crippen LogP contribution in [0.25, 0.3) is 0 Å². The zero-order valence-corrected chi connectivity index (χ0v) is 10.2. The Morgan fingerprint density at radius 1 is 1.50 bits per heavy atom. The highest BCUT2D eigenvalue weighted by Crippen LogP contribution is 2.19. The van der Waals surface area contributed by atoms with E-state index in [4.69, 9.17) is 0 Å². The molecular weight excluding hydrogens is 196 g/mol. The van der Waals surface area contributed by atoms with Gasteiger partial charge in [0.15, 0.2) is 0 Å². The predicted octanol–water partition coefficient (Wildman–Crippen LogP) is 2.48. The zero-order valence-electron chi connectivity index (χ0n) is 10.2. The SMILES string of the molecule is C=C/C=C(\C=C)CNC(=C)C1CCCN1C. The molecule has 0 radical (unpaired) electrons. The van der Waals surface area contributed by atoms with E-state index in [1.54, 1.807) is 6.08 Å². The Morgan fingerprint density at radius 3 is 2.75 bits per heavy atom. The fourth-order valence-corrected chi connectivity index (χ4v) is 2.03. The lowest BCUT2D eigenvalue weighted by Crippen LogP contribution is -2.33. The second-order valence-corrected chi connectivity index (χ2v) is 4.20. The Kier molecular flexibility index (Phi) is 5.06. The third-order valence-electron chi connectivity index (χ3n) is 3.04. The maximum absolute atomic E-state index is 4.11. The first kappa shape index (κ1) is 12.8. The average Bonchev–Trinajstić information content (AvgIpc) is 2.70. The van der Waals surface area contributed by atoms with Crippen molar-refractivity contribution in [3.63, 3.8) is 0 Å². The van der Waals surface area contributed by atoms with Crippen molar-refractivity contribution in [2.75, 3.05) is 20.1 Å². The van der Waals surface area contributed by atoms with Gasteiger partial charge in [-0.25, -0.2) is 0 Å². The molecule has 2 nitrogen and oxygen atoms in total. The first-order valence-electron chi connectivity index (χ1n) is 5.76. The fraction of sp³-hybridized carbons (Fsp3) is 0.429. The van der Waals surface area contributed by atoms with E-state index in [1.807, 2.05) is 12.2 Å². The number of hydrogen-bond donors (Lipinski definition) is 1. The molecule has 88 valence electrons. The van der Waals surface area contributed by atoms with Gasteiger partial charge in [0.05, 0.1) is 0 Å². The minimum absolute atomic E-state index is 0.481. The lowest BCUT2D eigenvalue weighted by molar-refractivity contribution is 0.335. The van der Waals surface area contributed by atoms with Gasteiger partial charge in [0.25, 0.3) is 0 Å². The second kappa shape index (κ2) is 6.33. The summed E-state index contributed by atoms with van der Waals surface area (Å²) in [5.74, 6) is 0. The molecule has 1 atom stereocenters. The van der Waals surface area contributed by atoms with Crippen LogP contribution in [-0.2, 0) is 0 Å². The van der Waals surface area contributed by atoms with Gasteiger partial charge in [-0.3, -0.25) is 4.90 Å². The molecule has 1 fully saturated rings. The topological polar surface area (TPSA) is 15.3 Å². The van der Waals surface area contributed by atoms with Crippen molar-refractivity contribution in [1.29, 1.82) is 0 Å². The molecular formula is C14H22N2. The van der Waals surface area contributed by atoms with Crippen LogP contribution in [0, 0.1) is 0 Å². The van der Waals surface area contributed by atoms with Crippen molar-refractivity contribution >= 4 is 0 Å². The standard InChI is InChI=1S/C14H22N2/c1-5-8-13(6-2)11-15-12(3)14-9-7-10-16(14)4/h5-6,8,14-15H,1-3,7,9-11H2,4H3/b13-8+. The van der Waals surface area contributed by atoms with Crippen LogP contribution in [-0.4, -0.2) is 31.1 Å². The first-order chi connectivity index (χ1) is 7.69. The molecule has 1 aliphatic heterocycles. The van der Waals surface area contributed by atoms with Gasteiger partial charge in [0.1, 0.15) is 0 Å². The number of nitrogens with zero attached hydrogens (tertiary/aromatic N) is 1. The molecule has 0 spiro atoms.